The first-order chi connectivity index (χ1) is 15.4. The summed E-state index contributed by atoms with van der Waals surface area (Å²) in [5.41, 5.74) is 1.80. The van der Waals surface area contributed by atoms with E-state index >= 15 is 0 Å². The summed E-state index contributed by atoms with van der Waals surface area (Å²) in [5.74, 6) is 1.12. The van der Waals surface area contributed by atoms with Crippen molar-refractivity contribution in [3.63, 3.8) is 0 Å². The van der Waals surface area contributed by atoms with Crippen LogP contribution in [0.5, 0.6) is 11.5 Å². The second kappa shape index (κ2) is 11.3. The average Bonchev–Trinajstić information content (AvgIpc) is 2.79. The Balaban J connectivity index is 1.47. The molecule has 1 amide bonds. The molecule has 32 heavy (non-hydrogen) atoms. The van der Waals surface area contributed by atoms with Crippen molar-refractivity contribution < 1.29 is 22.7 Å². The molecule has 0 aliphatic heterocycles. The Hall–Kier alpha value is -2.58. The van der Waals surface area contributed by atoms with Gasteiger partial charge in [0.25, 0.3) is 0 Å². The first-order valence-electron chi connectivity index (χ1n) is 11.0. The fraction of sp³-hybridized carbons (Fsp3) is 0.458. The maximum atomic E-state index is 12.6. The third kappa shape index (κ3) is 6.71. The number of amides is 1. The molecule has 0 heterocycles. The fourth-order valence-corrected chi connectivity index (χ4v) is 5.23. The van der Waals surface area contributed by atoms with Gasteiger partial charge in [-0.25, -0.2) is 13.1 Å². The number of carbonyl (C=O) groups excluding carboxylic acids is 1. The fourth-order valence-electron chi connectivity index (χ4n) is 3.93. The van der Waals surface area contributed by atoms with Crippen molar-refractivity contribution >= 4 is 15.9 Å². The van der Waals surface area contributed by atoms with Gasteiger partial charge in [0.1, 0.15) is 0 Å². The van der Waals surface area contributed by atoms with Gasteiger partial charge in [0.15, 0.2) is 11.5 Å². The second-order valence-corrected chi connectivity index (χ2v) is 9.78. The number of rotatable bonds is 10. The van der Waals surface area contributed by atoms with Gasteiger partial charge in [-0.1, -0.05) is 37.5 Å². The van der Waals surface area contributed by atoms with Crippen LogP contribution in [0, 0.1) is 0 Å². The Bertz CT molecular complexity index is 1000. The Labute approximate surface area is 190 Å². The van der Waals surface area contributed by atoms with Crippen LogP contribution in [-0.2, 0) is 27.7 Å². The van der Waals surface area contributed by atoms with Gasteiger partial charge in [-0.15, -0.1) is 0 Å². The highest BCUT2D eigenvalue weighted by Crippen LogP contribution is 2.27. The van der Waals surface area contributed by atoms with E-state index in [0.29, 0.717) is 24.5 Å². The number of sulfonamides is 1. The molecule has 1 aliphatic rings. The monoisotopic (exact) mass is 460 g/mol. The first kappa shape index (κ1) is 24.1. The number of ether oxygens (including phenoxy) is 2. The average molecular weight is 461 g/mol. The zero-order valence-electron chi connectivity index (χ0n) is 18.7. The molecule has 7 nitrogen and oxygen atoms in total. The van der Waals surface area contributed by atoms with Crippen LogP contribution in [0.1, 0.15) is 43.2 Å². The number of hydrogen-bond donors (Lipinski definition) is 2. The van der Waals surface area contributed by atoms with Crippen LogP contribution in [0.4, 0.5) is 0 Å². The molecule has 2 N–H and O–H groups in total. The van der Waals surface area contributed by atoms with E-state index in [9.17, 15) is 13.2 Å². The van der Waals surface area contributed by atoms with Gasteiger partial charge < -0.3 is 14.8 Å². The van der Waals surface area contributed by atoms with E-state index in [4.69, 9.17) is 9.47 Å². The van der Waals surface area contributed by atoms with E-state index in [2.05, 4.69) is 10.0 Å². The van der Waals surface area contributed by atoms with Crippen molar-refractivity contribution in [1.82, 2.24) is 10.0 Å². The summed E-state index contributed by atoms with van der Waals surface area (Å²) in [6.07, 6.45) is 5.99. The second-order valence-electron chi connectivity index (χ2n) is 8.07. The lowest BCUT2D eigenvalue weighted by molar-refractivity contribution is -0.120. The summed E-state index contributed by atoms with van der Waals surface area (Å²) >= 11 is 0. The SMILES string of the molecule is COc1ccc(CC(=O)NCCc2ccc(S(=O)(=O)NC3CCCCC3)cc2)cc1OC. The van der Waals surface area contributed by atoms with Crippen molar-refractivity contribution in [3.8, 4) is 11.5 Å². The molecule has 2 aromatic rings. The van der Waals surface area contributed by atoms with Crippen LogP contribution in [-0.4, -0.2) is 41.1 Å². The largest absolute Gasteiger partial charge is 0.493 e. The van der Waals surface area contributed by atoms with Gasteiger partial charge in [-0.3, -0.25) is 4.79 Å². The summed E-state index contributed by atoms with van der Waals surface area (Å²) < 4.78 is 38.5. The molecule has 0 radical (unpaired) electrons. The summed E-state index contributed by atoms with van der Waals surface area (Å²) in [6, 6.07) is 12.3. The highest BCUT2D eigenvalue weighted by Gasteiger charge is 2.21. The minimum absolute atomic E-state index is 0.0364. The van der Waals surface area contributed by atoms with Crippen LogP contribution in [0.2, 0.25) is 0 Å². The van der Waals surface area contributed by atoms with E-state index in [1.165, 1.54) is 6.42 Å². The number of carbonyl (C=O) groups is 1. The van der Waals surface area contributed by atoms with Crippen molar-refractivity contribution in [1.29, 1.82) is 0 Å². The van der Waals surface area contributed by atoms with E-state index in [1.54, 1.807) is 50.6 Å². The molecule has 2 aromatic carbocycles. The minimum Gasteiger partial charge on any atom is -0.493 e. The molecule has 3 rings (SSSR count). The van der Waals surface area contributed by atoms with E-state index in [0.717, 1.165) is 36.8 Å². The summed E-state index contributed by atoms with van der Waals surface area (Å²) in [6.45, 7) is 0.471. The minimum atomic E-state index is -3.49. The lowest BCUT2D eigenvalue weighted by atomic mass is 9.96. The van der Waals surface area contributed by atoms with Crippen molar-refractivity contribution in [2.45, 2.75) is 55.9 Å². The van der Waals surface area contributed by atoms with Crippen LogP contribution in [0.3, 0.4) is 0 Å². The van der Waals surface area contributed by atoms with Gasteiger partial charge in [0.2, 0.25) is 15.9 Å². The third-order valence-corrected chi connectivity index (χ3v) is 7.25. The van der Waals surface area contributed by atoms with E-state index in [1.807, 2.05) is 6.07 Å². The number of methoxy groups -OCH3 is 2. The molecular weight excluding hydrogens is 428 g/mol. The number of hydrogen-bond acceptors (Lipinski definition) is 5. The Morgan fingerprint density at radius 2 is 1.59 bits per heavy atom. The molecule has 1 fully saturated rings. The van der Waals surface area contributed by atoms with Gasteiger partial charge >= 0.3 is 0 Å². The maximum Gasteiger partial charge on any atom is 0.240 e. The van der Waals surface area contributed by atoms with Crippen LogP contribution in [0.15, 0.2) is 47.4 Å². The number of benzene rings is 2. The van der Waals surface area contributed by atoms with Gasteiger partial charge in [0, 0.05) is 12.6 Å². The molecular formula is C24H32N2O5S. The highest BCUT2D eigenvalue weighted by atomic mass is 32.2. The molecule has 0 bridgehead atoms. The van der Waals surface area contributed by atoms with Crippen molar-refractivity contribution in [2.24, 2.45) is 0 Å². The summed E-state index contributed by atoms with van der Waals surface area (Å²) in [5, 5.41) is 2.90. The molecule has 0 aromatic heterocycles. The molecule has 0 atom stereocenters. The zero-order chi connectivity index (χ0) is 23.0. The van der Waals surface area contributed by atoms with Crippen LogP contribution in [0.25, 0.3) is 0 Å². The number of nitrogens with one attached hydrogen (secondary N) is 2. The Morgan fingerprint density at radius 1 is 0.938 bits per heavy atom. The molecule has 0 unspecified atom stereocenters. The van der Waals surface area contributed by atoms with Gasteiger partial charge in [0.05, 0.1) is 25.5 Å². The van der Waals surface area contributed by atoms with Crippen molar-refractivity contribution in [3.05, 3.63) is 53.6 Å². The lowest BCUT2D eigenvalue weighted by Crippen LogP contribution is -2.36. The molecule has 0 spiro atoms. The Morgan fingerprint density at radius 3 is 2.25 bits per heavy atom. The standard InChI is InChI=1S/C24H32N2O5S/c1-30-22-13-10-19(16-23(22)31-2)17-24(27)25-15-14-18-8-11-21(12-9-18)32(28,29)26-20-6-4-3-5-7-20/h8-13,16,20,26H,3-7,14-15,17H2,1-2H3,(H,25,27). The molecule has 0 saturated heterocycles. The maximum absolute atomic E-state index is 12.6. The van der Waals surface area contributed by atoms with Crippen LogP contribution < -0.4 is 19.5 Å². The Kier molecular flexibility index (Phi) is 8.53. The topological polar surface area (TPSA) is 93.7 Å². The zero-order valence-corrected chi connectivity index (χ0v) is 19.5. The van der Waals surface area contributed by atoms with E-state index < -0.39 is 10.0 Å². The molecule has 1 saturated carbocycles. The quantitative estimate of drug-likeness (QED) is 0.568. The first-order valence-corrected chi connectivity index (χ1v) is 12.5. The predicted octanol–water partition coefficient (Wildman–Crippen LogP) is 3.22. The highest BCUT2D eigenvalue weighted by molar-refractivity contribution is 7.89. The smallest absolute Gasteiger partial charge is 0.240 e. The summed E-state index contributed by atoms with van der Waals surface area (Å²) in [7, 11) is -0.366. The van der Waals surface area contributed by atoms with Gasteiger partial charge in [-0.05, 0) is 54.7 Å². The molecule has 1 aliphatic carbocycles. The van der Waals surface area contributed by atoms with Gasteiger partial charge in [-0.2, -0.15) is 0 Å². The predicted molar refractivity (Wildman–Crippen MR) is 124 cm³/mol. The molecule has 8 heteroatoms. The van der Waals surface area contributed by atoms with E-state index in [-0.39, 0.29) is 23.3 Å². The normalized spacial score (nSPS) is 14.7. The molecule has 174 valence electrons. The van der Waals surface area contributed by atoms with Crippen molar-refractivity contribution in [2.75, 3.05) is 20.8 Å². The summed E-state index contributed by atoms with van der Waals surface area (Å²) in [4.78, 5) is 12.5. The lowest BCUT2D eigenvalue weighted by Gasteiger charge is -2.22. The van der Waals surface area contributed by atoms with Crippen LogP contribution >= 0.6 is 0 Å². The third-order valence-electron chi connectivity index (χ3n) is 5.71.